The molecule has 1 aromatic carbocycles. The minimum atomic E-state index is -4.38. The van der Waals surface area contributed by atoms with Gasteiger partial charge in [0.25, 0.3) is 0 Å². The molecule has 1 unspecified atom stereocenters. The first kappa shape index (κ1) is 15.5. The van der Waals surface area contributed by atoms with Gasteiger partial charge < -0.3 is 9.53 Å². The fourth-order valence-corrected chi connectivity index (χ4v) is 2.03. The fraction of sp³-hybridized carbons (Fsp3) is 0.500. The molecule has 0 saturated heterocycles. The van der Waals surface area contributed by atoms with Crippen molar-refractivity contribution in [3.8, 4) is 5.75 Å². The Balaban J connectivity index is 2.93. The topological polar surface area (TPSA) is 26.3 Å². The van der Waals surface area contributed by atoms with Crippen LogP contribution in [0.1, 0.15) is 31.4 Å². The van der Waals surface area contributed by atoms with Crippen molar-refractivity contribution in [2.45, 2.75) is 32.9 Å². The predicted octanol–water partition coefficient (Wildman–Crippen LogP) is 3.87. The molecule has 0 heterocycles. The lowest BCUT2D eigenvalue weighted by atomic mass is 9.95. The molecule has 0 bridgehead atoms. The maximum Gasteiger partial charge on any atom is 0.416 e. The quantitative estimate of drug-likeness (QED) is 0.814. The molecular weight excluding hydrogens is 257 g/mol. The number of hydrogen-bond donors (Lipinski definition) is 0. The number of ketones is 1. The van der Waals surface area contributed by atoms with E-state index < -0.39 is 11.7 Å². The third kappa shape index (κ3) is 4.58. The smallest absolute Gasteiger partial charge is 0.416 e. The summed E-state index contributed by atoms with van der Waals surface area (Å²) in [5.41, 5.74) is -0.0448. The highest BCUT2D eigenvalue weighted by atomic mass is 19.4. The summed E-state index contributed by atoms with van der Waals surface area (Å²) >= 11 is 0. The number of methoxy groups -OCH3 is 1. The van der Waals surface area contributed by atoms with Gasteiger partial charge in [0.2, 0.25) is 0 Å². The van der Waals surface area contributed by atoms with E-state index >= 15 is 0 Å². The largest absolute Gasteiger partial charge is 0.496 e. The van der Waals surface area contributed by atoms with E-state index in [9.17, 15) is 18.0 Å². The Morgan fingerprint density at radius 2 is 2.00 bits per heavy atom. The van der Waals surface area contributed by atoms with Crippen molar-refractivity contribution in [2.75, 3.05) is 7.11 Å². The van der Waals surface area contributed by atoms with Gasteiger partial charge in [-0.2, -0.15) is 13.2 Å². The zero-order chi connectivity index (χ0) is 14.6. The zero-order valence-corrected chi connectivity index (χ0v) is 11.2. The molecule has 0 amide bonds. The maximum atomic E-state index is 12.6. The number of carbonyl (C=O) groups is 1. The normalized spacial score (nSPS) is 13.2. The van der Waals surface area contributed by atoms with Crippen molar-refractivity contribution in [3.63, 3.8) is 0 Å². The summed E-state index contributed by atoms with van der Waals surface area (Å²) in [5, 5.41) is 0. The van der Waals surface area contributed by atoms with Crippen LogP contribution in [0.2, 0.25) is 0 Å². The van der Waals surface area contributed by atoms with E-state index in [0.29, 0.717) is 18.4 Å². The third-order valence-corrected chi connectivity index (χ3v) is 2.82. The van der Waals surface area contributed by atoms with Gasteiger partial charge in [-0.25, -0.2) is 0 Å². The SMILES string of the molecule is COc1cc(C(F)(F)F)ccc1CC(C)CC(C)=O. The average molecular weight is 274 g/mol. The number of ether oxygens (including phenoxy) is 1. The van der Waals surface area contributed by atoms with Gasteiger partial charge >= 0.3 is 6.18 Å². The highest BCUT2D eigenvalue weighted by Crippen LogP contribution is 2.33. The van der Waals surface area contributed by atoms with E-state index in [2.05, 4.69) is 0 Å². The Kier molecular flexibility index (Phi) is 4.97. The Hall–Kier alpha value is -1.52. The Bertz CT molecular complexity index is 452. The van der Waals surface area contributed by atoms with Crippen LogP contribution in [0, 0.1) is 5.92 Å². The van der Waals surface area contributed by atoms with Crippen LogP contribution in [-0.4, -0.2) is 12.9 Å². The number of carbonyl (C=O) groups excluding carboxylic acids is 1. The van der Waals surface area contributed by atoms with Crippen LogP contribution in [0.25, 0.3) is 0 Å². The summed E-state index contributed by atoms with van der Waals surface area (Å²) in [5.74, 6) is 0.353. The van der Waals surface area contributed by atoms with Gasteiger partial charge in [-0.3, -0.25) is 0 Å². The number of hydrogen-bond acceptors (Lipinski definition) is 2. The average Bonchev–Trinajstić information content (AvgIpc) is 2.26. The molecule has 1 aromatic rings. The molecule has 1 atom stereocenters. The van der Waals surface area contributed by atoms with Gasteiger partial charge in [0.1, 0.15) is 11.5 Å². The number of alkyl halides is 3. The molecule has 2 nitrogen and oxygen atoms in total. The molecule has 0 aromatic heterocycles. The van der Waals surface area contributed by atoms with Gasteiger partial charge in [0.15, 0.2) is 0 Å². The number of halogens is 3. The molecule has 0 radical (unpaired) electrons. The van der Waals surface area contributed by atoms with Crippen LogP contribution in [-0.2, 0) is 17.4 Å². The monoisotopic (exact) mass is 274 g/mol. The van der Waals surface area contributed by atoms with Crippen LogP contribution in [0.15, 0.2) is 18.2 Å². The van der Waals surface area contributed by atoms with E-state index in [1.54, 1.807) is 0 Å². The standard InChI is InChI=1S/C14H17F3O2/c1-9(6-10(2)18)7-11-4-5-12(14(15,16)17)8-13(11)19-3/h4-5,8-9H,6-7H2,1-3H3. The van der Waals surface area contributed by atoms with E-state index in [-0.39, 0.29) is 17.5 Å². The van der Waals surface area contributed by atoms with E-state index in [1.807, 2.05) is 6.92 Å². The summed E-state index contributed by atoms with van der Waals surface area (Å²) in [6.07, 6.45) is -3.46. The summed E-state index contributed by atoms with van der Waals surface area (Å²) in [4.78, 5) is 11.0. The summed E-state index contributed by atoms with van der Waals surface area (Å²) in [6, 6.07) is 3.45. The van der Waals surface area contributed by atoms with Gasteiger partial charge in [0, 0.05) is 6.42 Å². The van der Waals surface area contributed by atoms with Crippen LogP contribution in [0.5, 0.6) is 5.75 Å². The second kappa shape index (κ2) is 6.08. The van der Waals surface area contributed by atoms with Gasteiger partial charge in [-0.05, 0) is 37.0 Å². The zero-order valence-electron chi connectivity index (χ0n) is 11.2. The van der Waals surface area contributed by atoms with E-state index in [0.717, 1.165) is 12.1 Å². The molecule has 106 valence electrons. The van der Waals surface area contributed by atoms with Crippen molar-refractivity contribution < 1.29 is 22.7 Å². The van der Waals surface area contributed by atoms with Crippen LogP contribution in [0.4, 0.5) is 13.2 Å². The number of rotatable bonds is 5. The minimum Gasteiger partial charge on any atom is -0.496 e. The molecule has 0 aliphatic rings. The molecule has 0 spiro atoms. The summed E-state index contributed by atoms with van der Waals surface area (Å²) < 4.78 is 42.7. The molecule has 0 N–H and O–H groups in total. The van der Waals surface area contributed by atoms with Crippen LogP contribution < -0.4 is 4.74 Å². The predicted molar refractivity (Wildman–Crippen MR) is 66.2 cm³/mol. The molecule has 5 heteroatoms. The molecule has 19 heavy (non-hydrogen) atoms. The first-order chi connectivity index (χ1) is 8.74. The number of Topliss-reactive ketones (excluding diaryl/α,β-unsaturated/α-hetero) is 1. The van der Waals surface area contributed by atoms with Gasteiger partial charge in [-0.1, -0.05) is 13.0 Å². The lowest BCUT2D eigenvalue weighted by Crippen LogP contribution is -2.09. The first-order valence-electron chi connectivity index (χ1n) is 5.97. The van der Waals surface area contributed by atoms with Crippen molar-refractivity contribution in [2.24, 2.45) is 5.92 Å². The lowest BCUT2D eigenvalue weighted by Gasteiger charge is -2.15. The first-order valence-corrected chi connectivity index (χ1v) is 5.97. The second-order valence-corrected chi connectivity index (χ2v) is 4.74. The van der Waals surface area contributed by atoms with Crippen molar-refractivity contribution in [1.29, 1.82) is 0 Å². The van der Waals surface area contributed by atoms with Gasteiger partial charge in [0.05, 0.1) is 12.7 Å². The lowest BCUT2D eigenvalue weighted by molar-refractivity contribution is -0.137. The highest BCUT2D eigenvalue weighted by Gasteiger charge is 2.31. The number of benzene rings is 1. The molecule has 0 fully saturated rings. The van der Waals surface area contributed by atoms with Crippen molar-refractivity contribution in [3.05, 3.63) is 29.3 Å². The Morgan fingerprint density at radius 3 is 2.47 bits per heavy atom. The summed E-state index contributed by atoms with van der Waals surface area (Å²) in [7, 11) is 1.34. The molecule has 1 rings (SSSR count). The van der Waals surface area contributed by atoms with Crippen LogP contribution in [0.3, 0.4) is 0 Å². The molecule has 0 saturated carbocycles. The fourth-order valence-electron chi connectivity index (χ4n) is 2.03. The molecular formula is C14H17F3O2. The van der Waals surface area contributed by atoms with Crippen molar-refractivity contribution in [1.82, 2.24) is 0 Å². The van der Waals surface area contributed by atoms with E-state index in [1.165, 1.54) is 20.1 Å². The Morgan fingerprint density at radius 1 is 1.37 bits per heavy atom. The second-order valence-electron chi connectivity index (χ2n) is 4.74. The third-order valence-electron chi connectivity index (χ3n) is 2.82. The molecule has 0 aliphatic heterocycles. The van der Waals surface area contributed by atoms with Crippen molar-refractivity contribution >= 4 is 5.78 Å². The van der Waals surface area contributed by atoms with Crippen LogP contribution >= 0.6 is 0 Å². The highest BCUT2D eigenvalue weighted by molar-refractivity contribution is 5.75. The minimum absolute atomic E-state index is 0.0679. The Labute approximate surface area is 110 Å². The molecule has 0 aliphatic carbocycles. The maximum absolute atomic E-state index is 12.6. The summed E-state index contributed by atoms with van der Waals surface area (Å²) in [6.45, 7) is 3.39. The van der Waals surface area contributed by atoms with E-state index in [4.69, 9.17) is 4.74 Å². The van der Waals surface area contributed by atoms with Gasteiger partial charge in [-0.15, -0.1) is 0 Å².